The van der Waals surface area contributed by atoms with Crippen LogP contribution >= 0.6 is 15.9 Å². The van der Waals surface area contributed by atoms with Crippen LogP contribution < -0.4 is 4.74 Å². The van der Waals surface area contributed by atoms with Crippen molar-refractivity contribution < 1.29 is 14.6 Å². The van der Waals surface area contributed by atoms with E-state index in [4.69, 9.17) is 4.74 Å². The second-order valence-electron chi connectivity index (χ2n) is 6.09. The van der Waals surface area contributed by atoms with Crippen LogP contribution in [0.2, 0.25) is 0 Å². The van der Waals surface area contributed by atoms with Crippen molar-refractivity contribution in [2.45, 2.75) is 6.92 Å². The molecule has 2 aromatic carbocycles. The first kappa shape index (κ1) is 18.2. The maximum atomic E-state index is 12.0. The minimum atomic E-state index is -1.04. The quantitative estimate of drug-likeness (QED) is 0.450. The summed E-state index contributed by atoms with van der Waals surface area (Å²) in [5, 5.41) is 17.5. The van der Waals surface area contributed by atoms with Gasteiger partial charge in [0.15, 0.2) is 5.65 Å². The molecule has 4 aromatic rings. The fourth-order valence-electron chi connectivity index (χ4n) is 3.12. The topological polar surface area (TPSA) is 88.1 Å². The molecule has 0 aliphatic carbocycles. The number of benzene rings is 2. The van der Waals surface area contributed by atoms with E-state index in [-0.39, 0.29) is 5.56 Å². The normalized spacial score (nSPS) is 10.9. The fourth-order valence-corrected chi connectivity index (χ4v) is 3.38. The number of halogens is 1. The molecule has 0 unspecified atom stereocenters. The first-order valence-electron chi connectivity index (χ1n) is 8.69. The smallest absolute Gasteiger partial charge is 0.336 e. The summed E-state index contributed by atoms with van der Waals surface area (Å²) in [6, 6.07) is 16.6. The summed E-state index contributed by atoms with van der Waals surface area (Å²) in [7, 11) is 0. The van der Waals surface area contributed by atoms with Crippen molar-refractivity contribution in [1.29, 1.82) is 0 Å². The molecule has 0 aliphatic heterocycles. The highest BCUT2D eigenvalue weighted by Gasteiger charge is 2.20. The lowest BCUT2D eigenvalue weighted by Crippen LogP contribution is -2.01. The van der Waals surface area contributed by atoms with Crippen LogP contribution in [0, 0.1) is 0 Å². The van der Waals surface area contributed by atoms with E-state index < -0.39 is 5.97 Å². The molecular formula is C21H16BrN3O3. The molecule has 7 heteroatoms. The number of nitrogens with one attached hydrogen (secondary N) is 1. The van der Waals surface area contributed by atoms with Gasteiger partial charge in [-0.1, -0.05) is 40.2 Å². The lowest BCUT2D eigenvalue weighted by atomic mass is 10.0. The number of para-hydroxylation sites is 1. The Bertz CT molecular complexity index is 1170. The number of aromatic carboxylic acids is 1. The van der Waals surface area contributed by atoms with Gasteiger partial charge in [0.25, 0.3) is 0 Å². The van der Waals surface area contributed by atoms with Crippen LogP contribution in [0.15, 0.2) is 59.1 Å². The van der Waals surface area contributed by atoms with Crippen molar-refractivity contribution in [2.75, 3.05) is 6.61 Å². The zero-order valence-electron chi connectivity index (χ0n) is 14.9. The molecule has 0 aliphatic rings. The van der Waals surface area contributed by atoms with E-state index in [0.29, 0.717) is 34.8 Å². The highest BCUT2D eigenvalue weighted by molar-refractivity contribution is 9.10. The number of hydrogen-bond acceptors (Lipinski definition) is 4. The minimum Gasteiger partial charge on any atom is -0.493 e. The van der Waals surface area contributed by atoms with Gasteiger partial charge in [-0.15, -0.1) is 0 Å². The Morgan fingerprint density at radius 3 is 2.64 bits per heavy atom. The number of carbonyl (C=O) groups is 1. The first-order chi connectivity index (χ1) is 13.6. The van der Waals surface area contributed by atoms with Gasteiger partial charge in [0, 0.05) is 15.6 Å². The molecule has 4 rings (SSSR count). The van der Waals surface area contributed by atoms with Gasteiger partial charge >= 0.3 is 5.97 Å². The summed E-state index contributed by atoms with van der Waals surface area (Å²) in [4.78, 5) is 16.6. The lowest BCUT2D eigenvalue weighted by molar-refractivity contribution is 0.0699. The summed E-state index contributed by atoms with van der Waals surface area (Å²) in [6.45, 7) is 2.40. The molecule has 2 N–H and O–H groups in total. The highest BCUT2D eigenvalue weighted by Crippen LogP contribution is 2.34. The average molecular weight is 438 g/mol. The molecule has 0 bridgehead atoms. The summed E-state index contributed by atoms with van der Waals surface area (Å²) >= 11 is 3.41. The number of nitrogens with zero attached hydrogens (tertiary/aromatic N) is 2. The Kier molecular flexibility index (Phi) is 4.83. The van der Waals surface area contributed by atoms with Crippen molar-refractivity contribution in [3.8, 4) is 28.3 Å². The number of pyridine rings is 1. The number of ether oxygens (including phenoxy) is 1. The van der Waals surface area contributed by atoms with Gasteiger partial charge in [-0.25, -0.2) is 9.78 Å². The van der Waals surface area contributed by atoms with Crippen LogP contribution in [0.4, 0.5) is 0 Å². The zero-order valence-corrected chi connectivity index (χ0v) is 16.5. The van der Waals surface area contributed by atoms with Crippen LogP contribution in [-0.4, -0.2) is 32.9 Å². The Hall–Kier alpha value is -3.19. The van der Waals surface area contributed by atoms with E-state index in [1.54, 1.807) is 6.07 Å². The summed E-state index contributed by atoms with van der Waals surface area (Å²) in [5.41, 5.74) is 3.16. The zero-order chi connectivity index (χ0) is 19.7. The molecule has 0 saturated carbocycles. The van der Waals surface area contributed by atoms with Crippen LogP contribution in [0.1, 0.15) is 17.3 Å². The van der Waals surface area contributed by atoms with Gasteiger partial charge in [-0.3, -0.25) is 5.10 Å². The molecule has 6 nitrogen and oxygen atoms in total. The number of fused-ring (bicyclic) bond motifs is 1. The Morgan fingerprint density at radius 2 is 1.93 bits per heavy atom. The molecule has 0 amide bonds. The SMILES string of the molecule is CCOc1ccccc1-c1cc(C(=O)O)c2c(-c3ccc(Br)cc3)[nH]nc2n1. The number of hydrogen-bond donors (Lipinski definition) is 2. The molecule has 28 heavy (non-hydrogen) atoms. The third-order valence-electron chi connectivity index (χ3n) is 4.35. The standard InChI is InChI=1S/C21H16BrN3O3/c1-2-28-17-6-4-3-5-14(17)16-11-15(21(26)27)18-19(24-25-20(18)23-16)12-7-9-13(22)10-8-12/h3-11H,2H2,1H3,(H,26,27)(H,23,24,25). The molecular weight excluding hydrogens is 422 g/mol. The number of rotatable bonds is 5. The van der Waals surface area contributed by atoms with Crippen molar-refractivity contribution in [1.82, 2.24) is 15.2 Å². The monoisotopic (exact) mass is 437 g/mol. The van der Waals surface area contributed by atoms with E-state index in [9.17, 15) is 9.90 Å². The van der Waals surface area contributed by atoms with Crippen molar-refractivity contribution in [3.63, 3.8) is 0 Å². The van der Waals surface area contributed by atoms with Crippen LogP contribution in [0.3, 0.4) is 0 Å². The van der Waals surface area contributed by atoms with E-state index in [1.807, 2.05) is 55.5 Å². The molecule has 0 radical (unpaired) electrons. The van der Waals surface area contributed by atoms with Gasteiger partial charge in [-0.2, -0.15) is 5.10 Å². The summed E-state index contributed by atoms with van der Waals surface area (Å²) in [6.07, 6.45) is 0. The van der Waals surface area contributed by atoms with Gasteiger partial charge < -0.3 is 9.84 Å². The first-order valence-corrected chi connectivity index (χ1v) is 9.48. The van der Waals surface area contributed by atoms with Crippen molar-refractivity contribution in [3.05, 3.63) is 64.6 Å². The number of carboxylic acids is 1. The third kappa shape index (κ3) is 3.25. The maximum Gasteiger partial charge on any atom is 0.336 e. The molecule has 0 atom stereocenters. The van der Waals surface area contributed by atoms with Gasteiger partial charge in [0.2, 0.25) is 0 Å². The second kappa shape index (κ2) is 7.44. The molecule has 140 valence electrons. The van der Waals surface area contributed by atoms with Crippen LogP contribution in [-0.2, 0) is 0 Å². The predicted octanol–water partition coefficient (Wildman–Crippen LogP) is 5.15. The van der Waals surface area contributed by atoms with Crippen molar-refractivity contribution >= 4 is 32.9 Å². The van der Waals surface area contributed by atoms with Crippen LogP contribution in [0.5, 0.6) is 5.75 Å². The largest absolute Gasteiger partial charge is 0.493 e. The van der Waals surface area contributed by atoms with Gasteiger partial charge in [0.05, 0.1) is 28.9 Å². The highest BCUT2D eigenvalue weighted by atomic mass is 79.9. The molecule has 0 spiro atoms. The average Bonchev–Trinajstić information content (AvgIpc) is 3.12. The summed E-state index contributed by atoms with van der Waals surface area (Å²) in [5.74, 6) is -0.390. The van der Waals surface area contributed by atoms with E-state index in [2.05, 4.69) is 31.1 Å². The lowest BCUT2D eigenvalue weighted by Gasteiger charge is -2.10. The van der Waals surface area contributed by atoms with Gasteiger partial charge in [-0.05, 0) is 37.3 Å². The molecule has 0 fully saturated rings. The third-order valence-corrected chi connectivity index (χ3v) is 4.88. The van der Waals surface area contributed by atoms with E-state index >= 15 is 0 Å². The number of carboxylic acid groups (broad SMARTS) is 1. The minimum absolute atomic E-state index is 0.137. The van der Waals surface area contributed by atoms with Gasteiger partial charge in [0.1, 0.15) is 5.75 Å². The van der Waals surface area contributed by atoms with E-state index in [0.717, 1.165) is 15.6 Å². The Balaban J connectivity index is 1.94. The Morgan fingerprint density at radius 1 is 1.18 bits per heavy atom. The molecule has 2 heterocycles. The molecule has 0 saturated heterocycles. The Labute approximate surface area is 169 Å². The second-order valence-corrected chi connectivity index (χ2v) is 7.01. The number of aromatic amines is 1. The summed E-state index contributed by atoms with van der Waals surface area (Å²) < 4.78 is 6.61. The molecule has 2 aromatic heterocycles. The van der Waals surface area contributed by atoms with Crippen molar-refractivity contribution in [2.24, 2.45) is 0 Å². The fraction of sp³-hybridized carbons (Fsp3) is 0.0952. The van der Waals surface area contributed by atoms with E-state index in [1.165, 1.54) is 0 Å². The number of H-pyrrole nitrogens is 1. The number of aromatic nitrogens is 3. The van der Waals surface area contributed by atoms with Crippen LogP contribution in [0.25, 0.3) is 33.5 Å². The maximum absolute atomic E-state index is 12.0. The predicted molar refractivity (Wildman–Crippen MR) is 111 cm³/mol.